The lowest BCUT2D eigenvalue weighted by Gasteiger charge is -2.25. The molecule has 0 saturated carbocycles. The zero-order valence-corrected chi connectivity index (χ0v) is 13.4. The minimum atomic E-state index is 1.17. The number of benzene rings is 2. The highest BCUT2D eigenvalue weighted by Gasteiger charge is 2.06. The molecule has 112 valence electrons. The Kier molecular flexibility index (Phi) is 6.33. The first-order valence-corrected chi connectivity index (χ1v) is 8.25. The minimum Gasteiger partial charge on any atom is -0.372 e. The smallest absolute Gasteiger partial charge is 0.0366 e. The van der Waals surface area contributed by atoms with Crippen molar-refractivity contribution >= 4 is 5.69 Å². The number of unbranched alkanes of at least 4 members (excludes halogenated alkanes) is 2. The molecule has 0 radical (unpaired) electrons. The molecule has 0 fully saturated rings. The molecule has 1 heteroatoms. The lowest BCUT2D eigenvalue weighted by molar-refractivity contribution is 0.678. The quantitative estimate of drug-likeness (QED) is 0.594. The van der Waals surface area contributed by atoms with Crippen LogP contribution in [0.25, 0.3) is 11.1 Å². The van der Waals surface area contributed by atoms with E-state index in [-0.39, 0.29) is 0 Å². The third-order valence-corrected chi connectivity index (χ3v) is 3.90. The zero-order chi connectivity index (χ0) is 14.9. The molecule has 0 aliphatic rings. The highest BCUT2D eigenvalue weighted by Crippen LogP contribution is 2.23. The van der Waals surface area contributed by atoms with Gasteiger partial charge in [-0.2, -0.15) is 0 Å². The van der Waals surface area contributed by atoms with Gasteiger partial charge in [0.25, 0.3) is 0 Å². The molecule has 0 bridgehead atoms. The fourth-order valence-corrected chi connectivity index (χ4v) is 2.56. The lowest BCUT2D eigenvalue weighted by Crippen LogP contribution is -2.25. The number of nitrogens with zero attached hydrogens (tertiary/aromatic N) is 1. The SMILES string of the molecule is CCCCN(CCCC)c1ccc(-c2ccccc2)cc1. The van der Waals surface area contributed by atoms with Crippen LogP contribution in [-0.2, 0) is 0 Å². The molecule has 0 aliphatic heterocycles. The maximum atomic E-state index is 2.53. The summed E-state index contributed by atoms with van der Waals surface area (Å²) in [5.74, 6) is 0. The van der Waals surface area contributed by atoms with E-state index in [2.05, 4.69) is 73.3 Å². The fraction of sp³-hybridized carbons (Fsp3) is 0.400. The van der Waals surface area contributed by atoms with Crippen molar-refractivity contribution in [2.75, 3.05) is 18.0 Å². The molecule has 0 aliphatic carbocycles. The second-order valence-electron chi connectivity index (χ2n) is 5.61. The highest BCUT2D eigenvalue weighted by atomic mass is 15.1. The normalized spacial score (nSPS) is 10.6. The van der Waals surface area contributed by atoms with Crippen LogP contribution in [0, 0.1) is 0 Å². The van der Waals surface area contributed by atoms with Crippen molar-refractivity contribution < 1.29 is 0 Å². The highest BCUT2D eigenvalue weighted by molar-refractivity contribution is 5.66. The summed E-state index contributed by atoms with van der Waals surface area (Å²) in [6, 6.07) is 19.6. The van der Waals surface area contributed by atoms with Crippen LogP contribution in [0.15, 0.2) is 54.6 Å². The van der Waals surface area contributed by atoms with Crippen molar-refractivity contribution in [1.29, 1.82) is 0 Å². The minimum absolute atomic E-state index is 1.17. The van der Waals surface area contributed by atoms with Crippen LogP contribution in [0.3, 0.4) is 0 Å². The summed E-state index contributed by atoms with van der Waals surface area (Å²) >= 11 is 0. The average molecular weight is 281 g/mol. The summed E-state index contributed by atoms with van der Waals surface area (Å²) in [4.78, 5) is 2.53. The van der Waals surface area contributed by atoms with E-state index in [9.17, 15) is 0 Å². The third-order valence-electron chi connectivity index (χ3n) is 3.90. The van der Waals surface area contributed by atoms with Crippen molar-refractivity contribution in [1.82, 2.24) is 0 Å². The first kappa shape index (κ1) is 15.6. The first-order valence-electron chi connectivity index (χ1n) is 8.25. The monoisotopic (exact) mass is 281 g/mol. The van der Waals surface area contributed by atoms with E-state index < -0.39 is 0 Å². The predicted octanol–water partition coefficient (Wildman–Crippen LogP) is 5.76. The largest absolute Gasteiger partial charge is 0.372 e. The maximum Gasteiger partial charge on any atom is 0.0366 e. The van der Waals surface area contributed by atoms with Gasteiger partial charge in [0.2, 0.25) is 0 Å². The zero-order valence-electron chi connectivity index (χ0n) is 13.4. The molecule has 0 saturated heterocycles. The van der Waals surface area contributed by atoms with Gasteiger partial charge in [0.15, 0.2) is 0 Å². The standard InChI is InChI=1S/C20H27N/c1-3-5-16-21(17-6-4-2)20-14-12-19(13-15-20)18-10-8-7-9-11-18/h7-15H,3-6,16-17H2,1-2H3. The summed E-state index contributed by atoms with van der Waals surface area (Å²) in [6.45, 7) is 6.86. The van der Waals surface area contributed by atoms with Crippen LogP contribution in [0.2, 0.25) is 0 Å². The Bertz CT molecular complexity index is 493. The van der Waals surface area contributed by atoms with Crippen LogP contribution in [-0.4, -0.2) is 13.1 Å². The Morgan fingerprint density at radius 1 is 0.667 bits per heavy atom. The Morgan fingerprint density at radius 2 is 1.19 bits per heavy atom. The first-order chi connectivity index (χ1) is 10.3. The van der Waals surface area contributed by atoms with Gasteiger partial charge in [-0.15, -0.1) is 0 Å². The molecule has 21 heavy (non-hydrogen) atoms. The summed E-state index contributed by atoms with van der Waals surface area (Å²) in [7, 11) is 0. The summed E-state index contributed by atoms with van der Waals surface area (Å²) in [5.41, 5.74) is 3.94. The molecular formula is C20H27N. The van der Waals surface area contributed by atoms with Crippen molar-refractivity contribution in [2.45, 2.75) is 39.5 Å². The van der Waals surface area contributed by atoms with Crippen LogP contribution >= 0.6 is 0 Å². The van der Waals surface area contributed by atoms with E-state index in [1.165, 1.54) is 55.6 Å². The summed E-state index contributed by atoms with van der Waals surface area (Å²) in [5, 5.41) is 0. The summed E-state index contributed by atoms with van der Waals surface area (Å²) < 4.78 is 0. The van der Waals surface area contributed by atoms with E-state index in [0.29, 0.717) is 0 Å². The molecule has 0 N–H and O–H groups in total. The van der Waals surface area contributed by atoms with Crippen LogP contribution < -0.4 is 4.90 Å². The van der Waals surface area contributed by atoms with Gasteiger partial charge in [0.1, 0.15) is 0 Å². The van der Waals surface area contributed by atoms with Gasteiger partial charge in [-0.1, -0.05) is 69.2 Å². The van der Waals surface area contributed by atoms with Gasteiger partial charge in [-0.3, -0.25) is 0 Å². The fourth-order valence-electron chi connectivity index (χ4n) is 2.56. The van der Waals surface area contributed by atoms with E-state index >= 15 is 0 Å². The molecule has 0 unspecified atom stereocenters. The van der Waals surface area contributed by atoms with E-state index in [1.54, 1.807) is 0 Å². The predicted molar refractivity (Wildman–Crippen MR) is 93.9 cm³/mol. The lowest BCUT2D eigenvalue weighted by atomic mass is 10.1. The van der Waals surface area contributed by atoms with Crippen LogP contribution in [0.1, 0.15) is 39.5 Å². The van der Waals surface area contributed by atoms with Crippen LogP contribution in [0.4, 0.5) is 5.69 Å². The third kappa shape index (κ3) is 4.63. The molecule has 1 nitrogen and oxygen atoms in total. The second-order valence-corrected chi connectivity index (χ2v) is 5.61. The molecule has 2 rings (SSSR count). The summed E-state index contributed by atoms with van der Waals surface area (Å²) in [6.07, 6.45) is 5.05. The van der Waals surface area contributed by atoms with Gasteiger partial charge in [-0.05, 0) is 36.1 Å². The van der Waals surface area contributed by atoms with Crippen molar-refractivity contribution in [2.24, 2.45) is 0 Å². The average Bonchev–Trinajstić information content (AvgIpc) is 2.56. The van der Waals surface area contributed by atoms with E-state index in [4.69, 9.17) is 0 Å². The molecule has 0 amide bonds. The number of hydrogen-bond donors (Lipinski definition) is 0. The molecule has 2 aromatic rings. The number of hydrogen-bond acceptors (Lipinski definition) is 1. The Hall–Kier alpha value is -1.76. The Morgan fingerprint density at radius 3 is 1.71 bits per heavy atom. The molecule has 0 spiro atoms. The van der Waals surface area contributed by atoms with Gasteiger partial charge in [-0.25, -0.2) is 0 Å². The van der Waals surface area contributed by atoms with Crippen molar-refractivity contribution in [3.8, 4) is 11.1 Å². The molecule has 2 aromatic carbocycles. The maximum absolute atomic E-state index is 2.53. The van der Waals surface area contributed by atoms with Crippen molar-refractivity contribution in [3.63, 3.8) is 0 Å². The molecule has 0 atom stereocenters. The van der Waals surface area contributed by atoms with Crippen LogP contribution in [0.5, 0.6) is 0 Å². The Labute approximate surface area is 129 Å². The van der Waals surface area contributed by atoms with E-state index in [0.717, 1.165) is 0 Å². The van der Waals surface area contributed by atoms with E-state index in [1.807, 2.05) is 0 Å². The number of rotatable bonds is 8. The van der Waals surface area contributed by atoms with Crippen molar-refractivity contribution in [3.05, 3.63) is 54.6 Å². The van der Waals surface area contributed by atoms with Gasteiger partial charge >= 0.3 is 0 Å². The van der Waals surface area contributed by atoms with Gasteiger partial charge < -0.3 is 4.90 Å². The topological polar surface area (TPSA) is 3.24 Å². The van der Waals surface area contributed by atoms with Gasteiger partial charge in [0.05, 0.1) is 0 Å². The molecule has 0 heterocycles. The Balaban J connectivity index is 2.11. The van der Waals surface area contributed by atoms with Gasteiger partial charge in [0, 0.05) is 18.8 Å². The molecule has 0 aromatic heterocycles. The molecular weight excluding hydrogens is 254 g/mol. The number of anilines is 1. The second kappa shape index (κ2) is 8.51.